The number of hydrogen-bond acceptors (Lipinski definition) is 6. The Balaban J connectivity index is 2.71. The van der Waals surface area contributed by atoms with Crippen molar-refractivity contribution in [2.75, 3.05) is 6.61 Å². The quantitative estimate of drug-likeness (QED) is 0.597. The van der Waals surface area contributed by atoms with Crippen LogP contribution in [-0.2, 0) is 4.74 Å². The molecule has 18 heavy (non-hydrogen) atoms. The molecule has 0 bridgehead atoms. The Labute approximate surface area is 101 Å². The molecule has 96 valence electrons. The Morgan fingerprint density at radius 2 is 2.06 bits per heavy atom. The van der Waals surface area contributed by atoms with Crippen molar-refractivity contribution in [3.63, 3.8) is 0 Å². The van der Waals surface area contributed by atoms with Crippen LogP contribution in [0.15, 0.2) is 15.3 Å². The van der Waals surface area contributed by atoms with E-state index >= 15 is 0 Å². The number of ether oxygens (including phenoxy) is 1. The molecular weight excluding hydrogens is 240 g/mol. The van der Waals surface area contributed by atoms with Crippen molar-refractivity contribution < 1.29 is 24.2 Å². The fourth-order valence-electron chi connectivity index (χ4n) is 1.72. The smallest absolute Gasteiger partial charge is 0.339 e. The van der Waals surface area contributed by atoms with Crippen LogP contribution in [0, 0.1) is 0 Å². The van der Waals surface area contributed by atoms with Crippen molar-refractivity contribution in [3.05, 3.63) is 32.7 Å². The zero-order valence-electron chi connectivity index (χ0n) is 9.62. The van der Waals surface area contributed by atoms with Crippen molar-refractivity contribution >= 4 is 18.1 Å². The van der Waals surface area contributed by atoms with Gasteiger partial charge in [0.15, 0.2) is 0 Å². The van der Waals surface area contributed by atoms with Gasteiger partial charge in [0.05, 0.1) is 12.2 Å². The van der Waals surface area contributed by atoms with Gasteiger partial charge >= 0.3 is 11.6 Å². The van der Waals surface area contributed by atoms with Crippen LogP contribution in [0.25, 0.3) is 12.2 Å². The standard InChI is InChI=1S/C12H12O6/c1-2-17-12(16)7-4-11(15)18-10-5-9(14)8(13)3-6(7)10/h3-5,8-9,13-14H,2H2,1H3. The molecule has 2 rings (SSSR count). The van der Waals surface area contributed by atoms with Gasteiger partial charge in [0.1, 0.15) is 17.6 Å². The van der Waals surface area contributed by atoms with E-state index in [1.807, 2.05) is 0 Å². The number of rotatable bonds is 2. The van der Waals surface area contributed by atoms with E-state index in [9.17, 15) is 19.8 Å². The molecule has 1 heterocycles. The van der Waals surface area contributed by atoms with Gasteiger partial charge in [0, 0.05) is 11.3 Å². The van der Waals surface area contributed by atoms with Gasteiger partial charge in [-0.25, -0.2) is 9.59 Å². The summed E-state index contributed by atoms with van der Waals surface area (Å²) in [6.45, 7) is 1.81. The van der Waals surface area contributed by atoms with Crippen LogP contribution in [0.4, 0.5) is 0 Å². The first-order chi connectivity index (χ1) is 8.52. The Hall–Kier alpha value is -1.92. The van der Waals surface area contributed by atoms with Gasteiger partial charge in [0.25, 0.3) is 0 Å². The number of fused-ring (bicyclic) bond motifs is 1. The minimum Gasteiger partial charge on any atom is -0.462 e. The number of aliphatic hydroxyl groups excluding tert-OH is 2. The van der Waals surface area contributed by atoms with Crippen LogP contribution in [0.1, 0.15) is 17.3 Å². The molecule has 0 saturated carbocycles. The average Bonchev–Trinajstić information content (AvgIpc) is 2.30. The minimum atomic E-state index is -1.17. The highest BCUT2D eigenvalue weighted by molar-refractivity contribution is 5.89. The monoisotopic (exact) mass is 252 g/mol. The summed E-state index contributed by atoms with van der Waals surface area (Å²) in [6.07, 6.45) is 0.121. The molecule has 0 radical (unpaired) electrons. The number of carbonyl (C=O) groups is 1. The van der Waals surface area contributed by atoms with Crippen LogP contribution in [0.5, 0.6) is 0 Å². The summed E-state index contributed by atoms with van der Waals surface area (Å²) in [6, 6.07) is 1.01. The van der Waals surface area contributed by atoms with Gasteiger partial charge in [0.2, 0.25) is 0 Å². The summed E-state index contributed by atoms with van der Waals surface area (Å²) < 4.78 is 9.68. The lowest BCUT2D eigenvalue weighted by atomic mass is 10.0. The van der Waals surface area contributed by atoms with Crippen LogP contribution in [-0.4, -0.2) is 35.0 Å². The maximum Gasteiger partial charge on any atom is 0.339 e. The fraction of sp³-hybridized carbons (Fsp3) is 0.333. The van der Waals surface area contributed by atoms with Gasteiger partial charge < -0.3 is 19.4 Å². The van der Waals surface area contributed by atoms with Gasteiger partial charge in [-0.3, -0.25) is 0 Å². The first kappa shape index (κ1) is 12.5. The Morgan fingerprint density at radius 1 is 1.39 bits per heavy atom. The largest absolute Gasteiger partial charge is 0.462 e. The lowest BCUT2D eigenvalue weighted by Gasteiger charge is -2.14. The molecule has 1 aromatic heterocycles. The lowest BCUT2D eigenvalue weighted by Crippen LogP contribution is -2.43. The molecule has 0 fully saturated rings. The van der Waals surface area contributed by atoms with E-state index in [2.05, 4.69) is 0 Å². The molecular formula is C12H12O6. The normalized spacial score (nSPS) is 21.5. The van der Waals surface area contributed by atoms with Crippen molar-refractivity contribution in [1.82, 2.24) is 0 Å². The molecule has 0 aromatic carbocycles. The lowest BCUT2D eigenvalue weighted by molar-refractivity contribution is 0.0522. The zero-order valence-corrected chi connectivity index (χ0v) is 9.62. The van der Waals surface area contributed by atoms with Crippen molar-refractivity contribution in [3.8, 4) is 0 Å². The topological polar surface area (TPSA) is 97.0 Å². The van der Waals surface area contributed by atoms with Gasteiger partial charge in [-0.2, -0.15) is 0 Å². The van der Waals surface area contributed by atoms with E-state index in [0.29, 0.717) is 0 Å². The first-order valence-corrected chi connectivity index (χ1v) is 5.44. The second kappa shape index (κ2) is 4.75. The average molecular weight is 252 g/mol. The van der Waals surface area contributed by atoms with Gasteiger partial charge in [-0.1, -0.05) is 0 Å². The summed E-state index contributed by atoms with van der Waals surface area (Å²) in [7, 11) is 0. The third-order valence-electron chi connectivity index (χ3n) is 2.53. The summed E-state index contributed by atoms with van der Waals surface area (Å²) in [5, 5.41) is 19.2. The highest BCUT2D eigenvalue weighted by Gasteiger charge is 2.20. The zero-order chi connectivity index (χ0) is 13.3. The maximum atomic E-state index is 11.7. The molecule has 0 spiro atoms. The molecule has 1 aliphatic carbocycles. The molecule has 1 aromatic rings. The van der Waals surface area contributed by atoms with Crippen LogP contribution >= 0.6 is 0 Å². The molecule has 0 aliphatic heterocycles. The number of aliphatic hydroxyl groups is 2. The highest BCUT2D eigenvalue weighted by Crippen LogP contribution is 2.01. The van der Waals surface area contributed by atoms with Crippen molar-refractivity contribution in [1.29, 1.82) is 0 Å². The highest BCUT2D eigenvalue weighted by atomic mass is 16.5. The Morgan fingerprint density at radius 3 is 2.72 bits per heavy atom. The van der Waals surface area contributed by atoms with E-state index < -0.39 is 23.8 Å². The molecule has 0 saturated heterocycles. The first-order valence-electron chi connectivity index (χ1n) is 5.44. The summed E-state index contributed by atoms with van der Waals surface area (Å²) in [5.41, 5.74) is -0.640. The number of hydrogen-bond donors (Lipinski definition) is 2. The molecule has 6 nitrogen and oxygen atoms in total. The second-order valence-corrected chi connectivity index (χ2v) is 3.79. The summed E-state index contributed by atoms with van der Waals surface area (Å²) >= 11 is 0. The number of esters is 1. The molecule has 6 heteroatoms. The van der Waals surface area contributed by atoms with E-state index in [1.54, 1.807) is 6.92 Å². The maximum absolute atomic E-state index is 11.7. The molecule has 0 amide bonds. The molecule has 2 atom stereocenters. The molecule has 2 unspecified atom stereocenters. The predicted octanol–water partition coefficient (Wildman–Crippen LogP) is -1.89. The van der Waals surface area contributed by atoms with Crippen LogP contribution in [0.2, 0.25) is 0 Å². The third-order valence-corrected chi connectivity index (χ3v) is 2.53. The predicted molar refractivity (Wildman–Crippen MR) is 61.1 cm³/mol. The Bertz CT molecular complexity index is 642. The van der Waals surface area contributed by atoms with Crippen LogP contribution in [0.3, 0.4) is 0 Å². The summed E-state index contributed by atoms with van der Waals surface area (Å²) in [5.74, 6) is -0.671. The summed E-state index contributed by atoms with van der Waals surface area (Å²) in [4.78, 5) is 23.0. The van der Waals surface area contributed by atoms with Crippen molar-refractivity contribution in [2.24, 2.45) is 0 Å². The second-order valence-electron chi connectivity index (χ2n) is 3.79. The van der Waals surface area contributed by atoms with E-state index in [1.165, 1.54) is 12.2 Å². The SMILES string of the molecule is CCOC(=O)c1cc(=O)oc2c1=CC(O)C(O)C=2. The van der Waals surface area contributed by atoms with Gasteiger partial charge in [-0.05, 0) is 19.1 Å². The van der Waals surface area contributed by atoms with E-state index in [-0.39, 0.29) is 22.8 Å². The minimum absolute atomic E-state index is 0.0188. The molecule has 2 N–H and O–H groups in total. The van der Waals surface area contributed by atoms with Crippen LogP contribution < -0.4 is 16.3 Å². The van der Waals surface area contributed by atoms with Crippen molar-refractivity contribution in [2.45, 2.75) is 19.1 Å². The van der Waals surface area contributed by atoms with E-state index in [4.69, 9.17) is 9.15 Å². The number of carbonyl (C=O) groups excluding carboxylic acids is 1. The third kappa shape index (κ3) is 2.20. The molecule has 1 aliphatic rings. The fourth-order valence-corrected chi connectivity index (χ4v) is 1.72. The van der Waals surface area contributed by atoms with Gasteiger partial charge in [-0.15, -0.1) is 0 Å². The Kier molecular flexibility index (Phi) is 3.31. The van der Waals surface area contributed by atoms with E-state index in [0.717, 1.165) is 6.07 Å².